The van der Waals surface area contributed by atoms with Gasteiger partial charge in [0.05, 0.1) is 12.8 Å². The van der Waals surface area contributed by atoms with Gasteiger partial charge in [0.1, 0.15) is 18.4 Å². The third-order valence-corrected chi connectivity index (χ3v) is 7.64. The quantitative estimate of drug-likeness (QED) is 0.263. The van der Waals surface area contributed by atoms with Crippen molar-refractivity contribution in [3.63, 3.8) is 0 Å². The molecule has 0 spiro atoms. The summed E-state index contributed by atoms with van der Waals surface area (Å²) in [7, 11) is 0. The Morgan fingerprint density at radius 1 is 0.925 bits per heavy atom. The van der Waals surface area contributed by atoms with Crippen molar-refractivity contribution < 1.29 is 19.5 Å². The third-order valence-electron chi connectivity index (χ3n) is 7.64. The monoisotopic (exact) mass is 539 g/mol. The molecule has 208 valence electrons. The van der Waals surface area contributed by atoms with E-state index in [9.17, 15) is 9.90 Å². The van der Waals surface area contributed by atoms with E-state index >= 15 is 0 Å². The fraction of sp³-hybridized carbons (Fsp3) is 0.333. The van der Waals surface area contributed by atoms with Crippen LogP contribution in [0.3, 0.4) is 0 Å². The lowest BCUT2D eigenvalue weighted by molar-refractivity contribution is 0.0395. The summed E-state index contributed by atoms with van der Waals surface area (Å²) in [5.74, 6) is 0.143. The zero-order valence-electron chi connectivity index (χ0n) is 22.9. The van der Waals surface area contributed by atoms with E-state index in [4.69, 9.17) is 9.57 Å². The molecule has 2 heterocycles. The summed E-state index contributed by atoms with van der Waals surface area (Å²) in [6.45, 7) is 3.73. The number of aliphatic hydroxyl groups is 1. The highest BCUT2D eigenvalue weighted by Crippen LogP contribution is 2.38. The molecule has 7 heteroatoms. The molecular weight excluding hydrogens is 502 g/mol. The molecular formula is C33H37N3O4. The van der Waals surface area contributed by atoms with Crippen LogP contribution in [0.1, 0.15) is 72.1 Å². The second-order valence-electron chi connectivity index (χ2n) is 10.2. The second-order valence-corrected chi connectivity index (χ2v) is 10.2. The predicted molar refractivity (Wildman–Crippen MR) is 154 cm³/mol. The Balaban J connectivity index is 1.42. The van der Waals surface area contributed by atoms with Crippen LogP contribution in [0.25, 0.3) is 0 Å². The van der Waals surface area contributed by atoms with Crippen molar-refractivity contribution in [2.75, 3.05) is 19.7 Å². The van der Waals surface area contributed by atoms with Gasteiger partial charge in [0.25, 0.3) is 0 Å². The lowest BCUT2D eigenvalue weighted by atomic mass is 9.83. The second kappa shape index (κ2) is 13.3. The average molecular weight is 540 g/mol. The van der Waals surface area contributed by atoms with Gasteiger partial charge in [-0.25, -0.2) is 4.79 Å². The molecule has 0 bridgehead atoms. The summed E-state index contributed by atoms with van der Waals surface area (Å²) in [6.07, 6.45) is 2.75. The molecule has 40 heavy (non-hydrogen) atoms. The lowest BCUT2D eigenvalue weighted by Crippen LogP contribution is -2.38. The molecule has 1 aromatic heterocycles. The summed E-state index contributed by atoms with van der Waals surface area (Å²) in [6, 6.07) is 30.5. The van der Waals surface area contributed by atoms with E-state index in [0.717, 1.165) is 35.1 Å². The van der Waals surface area contributed by atoms with Crippen LogP contribution < -0.4 is 4.84 Å². The molecule has 1 amide bonds. The number of hydrogen-bond acceptors (Lipinski definition) is 5. The van der Waals surface area contributed by atoms with Gasteiger partial charge in [-0.2, -0.15) is 0 Å². The first-order valence-corrected chi connectivity index (χ1v) is 14.1. The number of likely N-dealkylation sites (tertiary alicyclic amines) is 1. The molecule has 1 N–H and O–H groups in total. The van der Waals surface area contributed by atoms with Crippen LogP contribution in [0.15, 0.2) is 97.2 Å². The van der Waals surface area contributed by atoms with Crippen molar-refractivity contribution >= 4 is 6.09 Å². The molecule has 1 saturated heterocycles. The standard InChI is InChI=1S/C33H37N3O4/c1-2-39-33(38)35-20-18-28(19-21-35)30-23-34-36(40-24-25-12-6-3-7-13-25)32(30)31(37)22-29(26-14-8-4-9-15-26)27-16-10-5-11-17-27/h3-17,23,28-29,31,37H,2,18-22,24H2,1H3. The van der Waals surface area contributed by atoms with E-state index in [2.05, 4.69) is 29.4 Å². The molecule has 7 nitrogen and oxygen atoms in total. The van der Waals surface area contributed by atoms with Crippen molar-refractivity contribution in [2.24, 2.45) is 0 Å². The Labute approximate surface area is 235 Å². The molecule has 5 rings (SSSR count). The summed E-state index contributed by atoms with van der Waals surface area (Å²) < 4.78 is 5.20. The number of aliphatic hydroxyl groups excluding tert-OH is 1. The summed E-state index contributed by atoms with van der Waals surface area (Å²) in [4.78, 5) is 21.7. The smallest absolute Gasteiger partial charge is 0.409 e. The molecule has 1 atom stereocenters. The third kappa shape index (κ3) is 6.54. The maximum atomic E-state index is 12.3. The maximum absolute atomic E-state index is 12.3. The van der Waals surface area contributed by atoms with Gasteiger partial charge in [0.15, 0.2) is 0 Å². The number of carbonyl (C=O) groups is 1. The predicted octanol–water partition coefficient (Wildman–Crippen LogP) is 6.10. The SMILES string of the molecule is CCOC(=O)N1CCC(c2cnn(OCc3ccccc3)c2C(O)CC(c2ccccc2)c2ccccc2)CC1. The Morgan fingerprint density at radius 2 is 1.50 bits per heavy atom. The number of benzene rings is 3. The van der Waals surface area contributed by atoms with E-state index in [1.807, 2.05) is 79.9 Å². The van der Waals surface area contributed by atoms with Crippen molar-refractivity contribution in [1.82, 2.24) is 14.8 Å². The average Bonchev–Trinajstić information content (AvgIpc) is 3.44. The van der Waals surface area contributed by atoms with E-state index in [1.165, 1.54) is 4.85 Å². The van der Waals surface area contributed by atoms with Crippen LogP contribution in [0.2, 0.25) is 0 Å². The van der Waals surface area contributed by atoms with Gasteiger partial charge in [-0.3, -0.25) is 0 Å². The number of carbonyl (C=O) groups excluding carboxylic acids is 1. The van der Waals surface area contributed by atoms with Crippen LogP contribution in [0.5, 0.6) is 0 Å². The topological polar surface area (TPSA) is 76.8 Å². The Hall–Kier alpha value is -4.10. The Morgan fingerprint density at radius 3 is 2.08 bits per heavy atom. The minimum Gasteiger partial charge on any atom is -0.450 e. The molecule has 0 saturated carbocycles. The molecule has 3 aromatic carbocycles. The minimum atomic E-state index is -0.818. The van der Waals surface area contributed by atoms with Crippen molar-refractivity contribution in [1.29, 1.82) is 0 Å². The fourth-order valence-corrected chi connectivity index (χ4v) is 5.56. The number of ether oxygens (including phenoxy) is 1. The molecule has 0 radical (unpaired) electrons. The number of piperidine rings is 1. The van der Waals surface area contributed by atoms with Crippen LogP contribution in [0, 0.1) is 0 Å². The van der Waals surface area contributed by atoms with Crippen molar-refractivity contribution in [3.8, 4) is 0 Å². The normalized spacial score (nSPS) is 14.7. The molecule has 1 unspecified atom stereocenters. The van der Waals surface area contributed by atoms with Crippen molar-refractivity contribution in [3.05, 3.63) is 125 Å². The molecule has 1 aliphatic rings. The first-order valence-electron chi connectivity index (χ1n) is 14.1. The van der Waals surface area contributed by atoms with Crippen LogP contribution in [-0.2, 0) is 11.3 Å². The molecule has 4 aromatic rings. The molecule has 1 aliphatic heterocycles. The fourth-order valence-electron chi connectivity index (χ4n) is 5.56. The van der Waals surface area contributed by atoms with E-state index in [0.29, 0.717) is 38.4 Å². The Bertz CT molecular complexity index is 1300. The van der Waals surface area contributed by atoms with Gasteiger partial charge in [-0.15, -0.1) is 9.94 Å². The number of aromatic nitrogens is 2. The molecule has 0 aliphatic carbocycles. The number of nitrogens with zero attached hydrogens (tertiary/aromatic N) is 3. The first-order chi connectivity index (χ1) is 19.6. The molecule has 1 fully saturated rings. The van der Waals surface area contributed by atoms with E-state index in [1.54, 1.807) is 4.90 Å². The van der Waals surface area contributed by atoms with E-state index < -0.39 is 6.10 Å². The summed E-state index contributed by atoms with van der Waals surface area (Å²) in [5, 5.41) is 16.5. The van der Waals surface area contributed by atoms with Gasteiger partial charge in [-0.1, -0.05) is 91.0 Å². The van der Waals surface area contributed by atoms with Crippen molar-refractivity contribution in [2.45, 2.75) is 50.7 Å². The minimum absolute atomic E-state index is 0.00613. The van der Waals surface area contributed by atoms with E-state index in [-0.39, 0.29) is 17.9 Å². The summed E-state index contributed by atoms with van der Waals surface area (Å²) in [5.41, 5.74) is 4.97. The van der Waals surface area contributed by atoms with Gasteiger partial charge in [0, 0.05) is 24.6 Å². The van der Waals surface area contributed by atoms with Crippen LogP contribution in [-0.4, -0.2) is 45.7 Å². The van der Waals surface area contributed by atoms with Gasteiger partial charge >= 0.3 is 6.09 Å². The highest BCUT2D eigenvalue weighted by Gasteiger charge is 2.32. The highest BCUT2D eigenvalue weighted by molar-refractivity contribution is 5.67. The largest absolute Gasteiger partial charge is 0.450 e. The summed E-state index contributed by atoms with van der Waals surface area (Å²) >= 11 is 0. The number of hydrogen-bond donors (Lipinski definition) is 1. The zero-order chi connectivity index (χ0) is 27.7. The van der Waals surface area contributed by atoms with Gasteiger partial charge in [-0.05, 0) is 48.8 Å². The zero-order valence-corrected chi connectivity index (χ0v) is 22.9. The van der Waals surface area contributed by atoms with Crippen LogP contribution in [0.4, 0.5) is 4.79 Å². The highest BCUT2D eigenvalue weighted by atomic mass is 16.7. The Kier molecular flexibility index (Phi) is 9.14. The lowest BCUT2D eigenvalue weighted by Gasteiger charge is -2.32. The number of rotatable bonds is 10. The van der Waals surface area contributed by atoms with Gasteiger partial charge < -0.3 is 19.6 Å². The van der Waals surface area contributed by atoms with Crippen LogP contribution >= 0.6 is 0 Å². The first kappa shape index (κ1) is 27.5. The van der Waals surface area contributed by atoms with Gasteiger partial charge in [0.2, 0.25) is 0 Å². The number of amides is 1. The maximum Gasteiger partial charge on any atom is 0.409 e.